The number of thiocarbonyl (C=S) groups is 1. The molecule has 0 fully saturated rings. The van der Waals surface area contributed by atoms with Crippen molar-refractivity contribution in [1.82, 2.24) is 16.2 Å². The Morgan fingerprint density at radius 1 is 1.17 bits per heavy atom. The second-order valence-electron chi connectivity index (χ2n) is 5.94. The molecule has 0 bridgehead atoms. The molecular weight excluding hydrogens is 420 g/mol. The number of nitro groups is 1. The van der Waals surface area contributed by atoms with E-state index in [-0.39, 0.29) is 22.3 Å². The molecule has 2 rings (SSSR count). The number of rotatable bonds is 5. The zero-order valence-corrected chi connectivity index (χ0v) is 17.0. The number of carbonyl (C=O) groups excluding carboxylic acids is 2. The van der Waals surface area contributed by atoms with Crippen LogP contribution < -0.4 is 20.9 Å². The number of aryl methyl sites for hydroxylation is 2. The number of nitro benzene ring substituents is 1. The fourth-order valence-electron chi connectivity index (χ4n) is 2.27. The normalized spacial score (nSPS) is 10.0. The molecule has 0 saturated carbocycles. The Kier molecular flexibility index (Phi) is 7.46. The van der Waals surface area contributed by atoms with Gasteiger partial charge in [0.05, 0.1) is 4.92 Å². The Labute approximate surface area is 176 Å². The molecule has 0 saturated heterocycles. The van der Waals surface area contributed by atoms with Crippen molar-refractivity contribution in [3.63, 3.8) is 0 Å². The number of nitrogens with zero attached hydrogens (tertiary/aromatic N) is 1. The molecule has 0 heterocycles. The maximum absolute atomic E-state index is 12.1. The molecule has 0 radical (unpaired) electrons. The summed E-state index contributed by atoms with van der Waals surface area (Å²) in [5.74, 6) is -0.655. The molecule has 2 aromatic carbocycles. The van der Waals surface area contributed by atoms with E-state index in [1.165, 1.54) is 12.1 Å². The Balaban J connectivity index is 1.83. The van der Waals surface area contributed by atoms with Gasteiger partial charge in [-0.25, -0.2) is 0 Å². The zero-order chi connectivity index (χ0) is 21.6. The van der Waals surface area contributed by atoms with Crippen LogP contribution in [0, 0.1) is 24.0 Å². The molecule has 29 heavy (non-hydrogen) atoms. The van der Waals surface area contributed by atoms with Crippen molar-refractivity contribution < 1.29 is 19.2 Å². The highest BCUT2D eigenvalue weighted by atomic mass is 35.5. The van der Waals surface area contributed by atoms with Crippen LogP contribution in [0.3, 0.4) is 0 Å². The summed E-state index contributed by atoms with van der Waals surface area (Å²) in [5, 5.41) is 12.9. The van der Waals surface area contributed by atoms with Gasteiger partial charge >= 0.3 is 0 Å². The first-order valence-electron chi connectivity index (χ1n) is 8.21. The van der Waals surface area contributed by atoms with Gasteiger partial charge in [-0.15, -0.1) is 0 Å². The Morgan fingerprint density at radius 2 is 1.90 bits per heavy atom. The minimum absolute atomic E-state index is 0.0187. The van der Waals surface area contributed by atoms with Crippen LogP contribution in [-0.4, -0.2) is 28.5 Å². The SMILES string of the molecule is Cc1ccc(OCC(=O)NNC(=S)NC(=O)c2ccc(Cl)c([N+](=O)[O-])c2)c(C)c1. The second-order valence-corrected chi connectivity index (χ2v) is 6.75. The molecule has 0 atom stereocenters. The average molecular weight is 437 g/mol. The first kappa shape index (κ1) is 22.1. The Hall–Kier alpha value is -3.24. The number of hydrazine groups is 1. The van der Waals surface area contributed by atoms with Crippen molar-refractivity contribution in [2.75, 3.05) is 6.61 Å². The lowest BCUT2D eigenvalue weighted by Crippen LogP contribution is -2.49. The maximum atomic E-state index is 12.1. The lowest BCUT2D eigenvalue weighted by Gasteiger charge is -2.12. The van der Waals surface area contributed by atoms with Gasteiger partial charge in [0.1, 0.15) is 10.8 Å². The van der Waals surface area contributed by atoms with Gasteiger partial charge in [0.15, 0.2) is 11.7 Å². The molecule has 152 valence electrons. The molecule has 0 aromatic heterocycles. The van der Waals surface area contributed by atoms with E-state index in [4.69, 9.17) is 28.6 Å². The molecule has 0 spiro atoms. The molecule has 9 nitrogen and oxygen atoms in total. The monoisotopic (exact) mass is 436 g/mol. The van der Waals surface area contributed by atoms with E-state index in [1.807, 2.05) is 26.0 Å². The number of carbonyl (C=O) groups is 2. The third kappa shape index (κ3) is 6.40. The molecule has 0 aliphatic rings. The average Bonchev–Trinajstić information content (AvgIpc) is 2.65. The zero-order valence-electron chi connectivity index (χ0n) is 15.4. The van der Waals surface area contributed by atoms with Gasteiger partial charge in [-0.05, 0) is 49.8 Å². The highest BCUT2D eigenvalue weighted by Crippen LogP contribution is 2.25. The predicted molar refractivity (Wildman–Crippen MR) is 111 cm³/mol. The van der Waals surface area contributed by atoms with E-state index in [0.29, 0.717) is 5.75 Å². The van der Waals surface area contributed by atoms with E-state index in [9.17, 15) is 19.7 Å². The molecule has 2 amide bonds. The van der Waals surface area contributed by atoms with Crippen molar-refractivity contribution in [2.45, 2.75) is 13.8 Å². The molecule has 11 heteroatoms. The summed E-state index contributed by atoms with van der Waals surface area (Å²) in [4.78, 5) is 34.2. The number of halogens is 1. The van der Waals surface area contributed by atoms with Gasteiger partial charge in [0, 0.05) is 11.6 Å². The fourth-order valence-corrected chi connectivity index (χ4v) is 2.60. The highest BCUT2D eigenvalue weighted by Gasteiger charge is 2.17. The van der Waals surface area contributed by atoms with E-state index in [1.54, 1.807) is 6.07 Å². The van der Waals surface area contributed by atoms with Gasteiger partial charge in [-0.3, -0.25) is 35.9 Å². The van der Waals surface area contributed by atoms with Crippen LogP contribution in [0.1, 0.15) is 21.5 Å². The van der Waals surface area contributed by atoms with E-state index >= 15 is 0 Å². The van der Waals surface area contributed by atoms with Gasteiger partial charge in [-0.2, -0.15) is 0 Å². The largest absolute Gasteiger partial charge is 0.483 e. The van der Waals surface area contributed by atoms with Crippen LogP contribution >= 0.6 is 23.8 Å². The van der Waals surface area contributed by atoms with Crippen LogP contribution in [0.15, 0.2) is 36.4 Å². The lowest BCUT2D eigenvalue weighted by molar-refractivity contribution is -0.384. The molecule has 0 aliphatic heterocycles. The minimum Gasteiger partial charge on any atom is -0.483 e. The first-order valence-corrected chi connectivity index (χ1v) is 9.00. The number of hydrogen-bond acceptors (Lipinski definition) is 6. The van der Waals surface area contributed by atoms with Crippen LogP contribution in [0.5, 0.6) is 5.75 Å². The maximum Gasteiger partial charge on any atom is 0.288 e. The van der Waals surface area contributed by atoms with E-state index in [0.717, 1.165) is 17.2 Å². The standard InChI is InChI=1S/C18H17ClN4O5S/c1-10-3-6-15(11(2)7-10)28-9-16(24)21-22-18(29)20-17(25)12-4-5-13(19)14(8-12)23(26)27/h3-8H,9H2,1-2H3,(H,21,24)(H2,20,22,25,29). The summed E-state index contributed by atoms with van der Waals surface area (Å²) < 4.78 is 5.42. The van der Waals surface area contributed by atoms with Crippen molar-refractivity contribution in [1.29, 1.82) is 0 Å². The second kappa shape index (κ2) is 9.80. The number of ether oxygens (including phenoxy) is 1. The van der Waals surface area contributed by atoms with Gasteiger partial charge in [0.2, 0.25) is 0 Å². The van der Waals surface area contributed by atoms with Crippen molar-refractivity contribution >= 4 is 46.4 Å². The van der Waals surface area contributed by atoms with E-state index < -0.39 is 22.4 Å². The topological polar surface area (TPSA) is 123 Å². The third-order valence-electron chi connectivity index (χ3n) is 3.64. The highest BCUT2D eigenvalue weighted by molar-refractivity contribution is 7.80. The summed E-state index contributed by atoms with van der Waals surface area (Å²) in [5.41, 5.74) is 6.18. The van der Waals surface area contributed by atoms with Gasteiger partial charge < -0.3 is 4.74 Å². The number of nitrogens with one attached hydrogen (secondary N) is 3. The summed E-state index contributed by atoms with van der Waals surface area (Å²) in [6.45, 7) is 3.55. The Bertz CT molecular complexity index is 983. The fraction of sp³-hybridized carbons (Fsp3) is 0.167. The van der Waals surface area contributed by atoms with Crippen LogP contribution in [0.2, 0.25) is 5.02 Å². The summed E-state index contributed by atoms with van der Waals surface area (Å²) in [7, 11) is 0. The first-order chi connectivity index (χ1) is 13.7. The number of hydrogen-bond donors (Lipinski definition) is 3. The quantitative estimate of drug-likeness (QED) is 0.374. The summed E-state index contributed by atoms with van der Waals surface area (Å²) in [6.07, 6.45) is 0. The molecule has 0 unspecified atom stereocenters. The third-order valence-corrected chi connectivity index (χ3v) is 4.16. The lowest BCUT2D eigenvalue weighted by atomic mass is 10.1. The summed E-state index contributed by atoms with van der Waals surface area (Å²) >= 11 is 10.6. The van der Waals surface area contributed by atoms with Crippen molar-refractivity contribution in [3.8, 4) is 5.75 Å². The predicted octanol–water partition coefficient (Wildman–Crippen LogP) is 2.58. The number of benzene rings is 2. The van der Waals surface area contributed by atoms with Crippen molar-refractivity contribution in [2.24, 2.45) is 0 Å². The molecular formula is C18H17ClN4O5S. The smallest absolute Gasteiger partial charge is 0.288 e. The molecule has 0 aliphatic carbocycles. The minimum atomic E-state index is -0.706. The van der Waals surface area contributed by atoms with Crippen LogP contribution in [0.25, 0.3) is 0 Å². The van der Waals surface area contributed by atoms with Gasteiger partial charge in [-0.1, -0.05) is 29.3 Å². The Morgan fingerprint density at radius 3 is 2.55 bits per heavy atom. The molecule has 3 N–H and O–H groups in total. The molecule has 2 aromatic rings. The van der Waals surface area contributed by atoms with Crippen molar-refractivity contribution in [3.05, 3.63) is 68.2 Å². The van der Waals surface area contributed by atoms with Crippen LogP contribution in [-0.2, 0) is 4.79 Å². The summed E-state index contributed by atoms with van der Waals surface area (Å²) in [6, 6.07) is 9.13. The van der Waals surface area contributed by atoms with Crippen LogP contribution in [0.4, 0.5) is 5.69 Å². The van der Waals surface area contributed by atoms with Gasteiger partial charge in [0.25, 0.3) is 17.5 Å². The number of amides is 2. The van der Waals surface area contributed by atoms with E-state index in [2.05, 4.69) is 16.2 Å².